The number of anilines is 1. The molecular formula is C64H45N9. The van der Waals surface area contributed by atoms with Crippen molar-refractivity contribution in [1.29, 1.82) is 5.41 Å². The zero-order valence-corrected chi connectivity index (χ0v) is 39.5. The molecule has 0 saturated heterocycles. The highest BCUT2D eigenvalue weighted by molar-refractivity contribution is 5.99. The van der Waals surface area contributed by atoms with Crippen molar-refractivity contribution in [1.82, 2.24) is 34.1 Å². The van der Waals surface area contributed by atoms with Gasteiger partial charge in [0.25, 0.3) is 0 Å². The van der Waals surface area contributed by atoms with Gasteiger partial charge in [-0.15, -0.1) is 0 Å². The van der Waals surface area contributed by atoms with Gasteiger partial charge in [-0.2, -0.15) is 9.97 Å². The van der Waals surface area contributed by atoms with Crippen molar-refractivity contribution >= 4 is 40.0 Å². The number of hydrogen-bond acceptors (Lipinski definition) is 7. The zero-order valence-electron chi connectivity index (χ0n) is 39.5. The largest absolute Gasteiger partial charge is 0.347 e. The number of rotatable bonds is 11. The maximum atomic E-state index is 8.99. The summed E-state index contributed by atoms with van der Waals surface area (Å²) in [5.74, 6) is 1.91. The van der Waals surface area contributed by atoms with Crippen molar-refractivity contribution in [3.8, 4) is 79.2 Å². The van der Waals surface area contributed by atoms with Crippen LogP contribution in [-0.4, -0.2) is 46.3 Å². The molecule has 0 bridgehead atoms. The molecule has 12 aromatic rings. The summed E-state index contributed by atoms with van der Waals surface area (Å²) in [5.41, 5.74) is 15.1. The third-order valence-corrected chi connectivity index (χ3v) is 13.7. The molecule has 0 fully saturated rings. The summed E-state index contributed by atoms with van der Waals surface area (Å²) in [5, 5.41) is 14.9. The summed E-state index contributed by atoms with van der Waals surface area (Å²) in [4.78, 5) is 25.0. The Morgan fingerprint density at radius 1 is 0.438 bits per heavy atom. The molecule has 2 unspecified atom stereocenters. The molecule has 0 aliphatic heterocycles. The van der Waals surface area contributed by atoms with E-state index in [9.17, 15) is 0 Å². The van der Waals surface area contributed by atoms with Crippen LogP contribution in [0.3, 0.4) is 0 Å². The van der Waals surface area contributed by atoms with Gasteiger partial charge in [-0.25, -0.2) is 15.0 Å². The first-order chi connectivity index (χ1) is 36.1. The SMILES string of the molecule is N=CC1c2c(c3cc(-c4ccc5c(ccn5-c5cccc(-c6nc(-c7ccccc7)cc(-c7ccccc7)n6)c5)c4)ccc3n2-c2ccccc2)C=CC1Nc1nc(-c2ccccc2)nc(-c2ccccc2)n1. The van der Waals surface area contributed by atoms with Crippen LogP contribution in [0.4, 0.5) is 5.95 Å². The lowest BCUT2D eigenvalue weighted by Crippen LogP contribution is -2.31. The van der Waals surface area contributed by atoms with Crippen LogP contribution >= 0.6 is 0 Å². The first kappa shape index (κ1) is 43.2. The molecule has 9 heteroatoms. The predicted octanol–water partition coefficient (Wildman–Crippen LogP) is 14.8. The van der Waals surface area contributed by atoms with Crippen LogP contribution < -0.4 is 5.32 Å². The monoisotopic (exact) mass is 939 g/mol. The van der Waals surface area contributed by atoms with Crippen LogP contribution in [0.5, 0.6) is 0 Å². The van der Waals surface area contributed by atoms with Crippen LogP contribution in [0.25, 0.3) is 107 Å². The molecule has 346 valence electrons. The maximum Gasteiger partial charge on any atom is 0.227 e. The zero-order chi connectivity index (χ0) is 48.7. The second-order valence-electron chi connectivity index (χ2n) is 18.2. The number of nitrogens with one attached hydrogen (secondary N) is 2. The van der Waals surface area contributed by atoms with E-state index in [1.807, 2.05) is 103 Å². The molecule has 1 aliphatic carbocycles. The fourth-order valence-electron chi connectivity index (χ4n) is 10.1. The Kier molecular flexibility index (Phi) is 10.9. The highest BCUT2D eigenvalue weighted by atomic mass is 15.2. The highest BCUT2D eigenvalue weighted by Gasteiger charge is 2.32. The molecule has 8 aromatic carbocycles. The molecular weight excluding hydrogens is 895 g/mol. The molecule has 4 heterocycles. The van der Waals surface area contributed by atoms with Gasteiger partial charge in [0.05, 0.1) is 34.4 Å². The van der Waals surface area contributed by atoms with E-state index in [1.165, 1.54) is 0 Å². The third-order valence-electron chi connectivity index (χ3n) is 13.7. The quantitative estimate of drug-likeness (QED) is 0.125. The first-order valence-electron chi connectivity index (χ1n) is 24.4. The molecule has 0 radical (unpaired) electrons. The van der Waals surface area contributed by atoms with Gasteiger partial charge >= 0.3 is 0 Å². The van der Waals surface area contributed by atoms with Gasteiger partial charge in [-0.1, -0.05) is 176 Å². The Hall–Kier alpha value is -9.86. The number of benzene rings is 8. The minimum Gasteiger partial charge on any atom is -0.347 e. The minimum absolute atomic E-state index is 0.322. The summed E-state index contributed by atoms with van der Waals surface area (Å²) in [6.07, 6.45) is 8.02. The molecule has 0 amide bonds. The van der Waals surface area contributed by atoms with Gasteiger partial charge in [0.1, 0.15) is 0 Å². The van der Waals surface area contributed by atoms with Gasteiger partial charge in [0, 0.05) is 73.6 Å². The Labute approximate surface area is 422 Å². The molecule has 2 N–H and O–H groups in total. The van der Waals surface area contributed by atoms with E-state index in [0.29, 0.717) is 23.4 Å². The topological polar surface area (TPSA) is 110 Å². The Morgan fingerprint density at radius 3 is 1.59 bits per heavy atom. The van der Waals surface area contributed by atoms with E-state index in [2.05, 4.69) is 154 Å². The van der Waals surface area contributed by atoms with Gasteiger partial charge < -0.3 is 19.9 Å². The minimum atomic E-state index is -0.354. The van der Waals surface area contributed by atoms with E-state index in [4.69, 9.17) is 30.3 Å². The second-order valence-corrected chi connectivity index (χ2v) is 18.2. The van der Waals surface area contributed by atoms with E-state index in [0.717, 1.165) is 94.8 Å². The maximum absolute atomic E-state index is 8.99. The van der Waals surface area contributed by atoms with Gasteiger partial charge in [0.15, 0.2) is 17.5 Å². The van der Waals surface area contributed by atoms with Crippen molar-refractivity contribution < 1.29 is 0 Å². The number of para-hydroxylation sites is 1. The lowest BCUT2D eigenvalue weighted by molar-refractivity contribution is 0.747. The molecule has 4 aromatic heterocycles. The van der Waals surface area contributed by atoms with Crippen LogP contribution in [0.1, 0.15) is 17.2 Å². The normalized spacial score (nSPS) is 14.0. The molecule has 0 saturated carbocycles. The van der Waals surface area contributed by atoms with Crippen molar-refractivity contribution in [3.05, 3.63) is 248 Å². The average Bonchev–Trinajstić information content (AvgIpc) is 4.05. The summed E-state index contributed by atoms with van der Waals surface area (Å²) < 4.78 is 4.54. The van der Waals surface area contributed by atoms with Crippen molar-refractivity contribution in [2.75, 3.05) is 5.32 Å². The number of hydrogen-bond donors (Lipinski definition) is 2. The van der Waals surface area contributed by atoms with Crippen molar-refractivity contribution in [2.45, 2.75) is 12.0 Å². The Morgan fingerprint density at radius 2 is 0.973 bits per heavy atom. The van der Waals surface area contributed by atoms with Crippen LogP contribution in [0, 0.1) is 5.41 Å². The van der Waals surface area contributed by atoms with E-state index >= 15 is 0 Å². The summed E-state index contributed by atoms with van der Waals surface area (Å²) >= 11 is 0. The van der Waals surface area contributed by atoms with Gasteiger partial charge in [-0.3, -0.25) is 0 Å². The standard InChI is InChI=1S/C64H45N9/c65-41-54-55(68-64-70-61(44-21-10-3-11-22-44)69-62(71-64)45-23-12-4-13-24-45)32-31-52-53-39-47(30-34-59(53)73(60(52)54)50-26-14-5-15-27-50)46-29-33-58-48(37-46)35-36-72(58)51-28-16-25-49(38-51)63-66-56(42-17-6-1-7-18-42)40-57(67-63)43-19-8-2-9-20-43/h1-41,54-55,65H,(H,68,69,70,71). The van der Waals surface area contributed by atoms with Crippen molar-refractivity contribution in [3.63, 3.8) is 0 Å². The molecule has 73 heavy (non-hydrogen) atoms. The number of aromatic nitrogens is 7. The first-order valence-corrected chi connectivity index (χ1v) is 24.4. The Bertz CT molecular complexity index is 3900. The summed E-state index contributed by atoms with van der Waals surface area (Å²) in [6, 6.07) is 76.7. The van der Waals surface area contributed by atoms with Crippen LogP contribution in [-0.2, 0) is 0 Å². The lowest BCUT2D eigenvalue weighted by Gasteiger charge is -2.28. The van der Waals surface area contributed by atoms with E-state index in [-0.39, 0.29) is 12.0 Å². The molecule has 0 spiro atoms. The summed E-state index contributed by atoms with van der Waals surface area (Å²) in [7, 11) is 0. The molecule has 1 aliphatic rings. The fourth-order valence-corrected chi connectivity index (χ4v) is 10.1. The van der Waals surface area contributed by atoms with Crippen LogP contribution in [0.15, 0.2) is 237 Å². The average molecular weight is 940 g/mol. The smallest absolute Gasteiger partial charge is 0.227 e. The van der Waals surface area contributed by atoms with Gasteiger partial charge in [-0.05, 0) is 71.8 Å². The van der Waals surface area contributed by atoms with Crippen molar-refractivity contribution in [2.24, 2.45) is 0 Å². The molecule has 13 rings (SSSR count). The molecule has 2 atom stereocenters. The van der Waals surface area contributed by atoms with Gasteiger partial charge in [0.2, 0.25) is 5.95 Å². The predicted molar refractivity (Wildman–Crippen MR) is 296 cm³/mol. The third kappa shape index (κ3) is 8.14. The van der Waals surface area contributed by atoms with E-state index < -0.39 is 0 Å². The molecule has 9 nitrogen and oxygen atoms in total. The van der Waals surface area contributed by atoms with Crippen LogP contribution in [0.2, 0.25) is 0 Å². The number of nitrogens with zero attached hydrogens (tertiary/aromatic N) is 7. The summed E-state index contributed by atoms with van der Waals surface area (Å²) in [6.45, 7) is 0. The fraction of sp³-hybridized carbons (Fsp3) is 0.0312. The Balaban J connectivity index is 0.852. The number of fused-ring (bicyclic) bond motifs is 4. The second kappa shape index (κ2) is 18.5. The van der Waals surface area contributed by atoms with E-state index in [1.54, 1.807) is 6.21 Å². The highest BCUT2D eigenvalue weighted by Crippen LogP contribution is 2.42. The lowest BCUT2D eigenvalue weighted by atomic mass is 9.88.